The summed E-state index contributed by atoms with van der Waals surface area (Å²) in [4.78, 5) is 51.6. The van der Waals surface area contributed by atoms with Gasteiger partial charge in [0.15, 0.2) is 5.54 Å². The molecule has 3 N–H and O–H groups in total. The molecule has 188 valence electrons. The molecule has 0 aromatic heterocycles. The molecule has 0 aliphatic carbocycles. The molecule has 2 aliphatic heterocycles. The smallest absolute Gasteiger partial charge is 0.322 e. The SMILES string of the molecule is CNC(=O)c1ccc(Oc2ccc([C@]3(CN4Cc5ccc(OC)cc5C4=O)NC(=O)NC3=O)cc2)cc1. The molecule has 0 radical (unpaired) electrons. The molecule has 0 bridgehead atoms. The number of hydrogen-bond acceptors (Lipinski definition) is 6. The highest BCUT2D eigenvalue weighted by atomic mass is 16.5. The Morgan fingerprint density at radius 3 is 2.22 bits per heavy atom. The predicted octanol–water partition coefficient (Wildman–Crippen LogP) is 2.54. The van der Waals surface area contributed by atoms with Gasteiger partial charge in [0.1, 0.15) is 17.2 Å². The van der Waals surface area contributed by atoms with Gasteiger partial charge in [-0.3, -0.25) is 19.7 Å². The van der Waals surface area contributed by atoms with Crippen molar-refractivity contribution in [2.45, 2.75) is 12.1 Å². The number of urea groups is 1. The number of rotatable bonds is 7. The summed E-state index contributed by atoms with van der Waals surface area (Å²) < 4.78 is 11.1. The second kappa shape index (κ2) is 9.30. The van der Waals surface area contributed by atoms with Crippen molar-refractivity contribution >= 4 is 23.8 Å². The average molecular weight is 501 g/mol. The fourth-order valence-corrected chi connectivity index (χ4v) is 4.54. The number of hydrogen-bond donors (Lipinski definition) is 3. The highest BCUT2D eigenvalue weighted by Crippen LogP contribution is 2.33. The first-order valence-electron chi connectivity index (χ1n) is 11.5. The van der Waals surface area contributed by atoms with Crippen molar-refractivity contribution in [1.82, 2.24) is 20.9 Å². The minimum absolute atomic E-state index is 0.0540. The average Bonchev–Trinajstić information content (AvgIpc) is 3.38. The number of carbonyl (C=O) groups is 4. The lowest BCUT2D eigenvalue weighted by Crippen LogP contribution is -2.52. The van der Waals surface area contributed by atoms with Crippen molar-refractivity contribution in [2.24, 2.45) is 0 Å². The Kier molecular flexibility index (Phi) is 6.00. The molecule has 1 fully saturated rings. The first kappa shape index (κ1) is 23.9. The molecular weight excluding hydrogens is 476 g/mol. The number of carbonyl (C=O) groups excluding carboxylic acids is 4. The van der Waals surface area contributed by atoms with Gasteiger partial charge in [0, 0.05) is 24.7 Å². The van der Waals surface area contributed by atoms with E-state index in [1.807, 2.05) is 6.07 Å². The van der Waals surface area contributed by atoms with E-state index in [0.717, 1.165) is 5.56 Å². The summed E-state index contributed by atoms with van der Waals surface area (Å²) in [6.45, 7) is 0.248. The lowest BCUT2D eigenvalue weighted by molar-refractivity contribution is -0.124. The van der Waals surface area contributed by atoms with Gasteiger partial charge in [-0.05, 0) is 59.7 Å². The summed E-state index contributed by atoms with van der Waals surface area (Å²) in [5, 5.41) is 7.58. The van der Waals surface area contributed by atoms with Gasteiger partial charge in [0.05, 0.1) is 13.7 Å². The molecule has 10 nitrogen and oxygen atoms in total. The molecule has 37 heavy (non-hydrogen) atoms. The van der Waals surface area contributed by atoms with Crippen molar-refractivity contribution in [2.75, 3.05) is 20.7 Å². The summed E-state index contributed by atoms with van der Waals surface area (Å²) >= 11 is 0. The topological polar surface area (TPSA) is 126 Å². The van der Waals surface area contributed by atoms with Crippen LogP contribution in [-0.2, 0) is 16.9 Å². The Balaban J connectivity index is 1.38. The molecular formula is C27H24N4O6. The summed E-state index contributed by atoms with van der Waals surface area (Å²) in [6, 6.07) is 18.0. The highest BCUT2D eigenvalue weighted by molar-refractivity contribution is 6.08. The maximum absolute atomic E-state index is 13.1. The molecule has 1 saturated heterocycles. The van der Waals surface area contributed by atoms with Gasteiger partial charge in [-0.1, -0.05) is 18.2 Å². The Labute approximate surface area is 212 Å². The van der Waals surface area contributed by atoms with Crippen molar-refractivity contribution < 1.29 is 28.7 Å². The molecule has 2 heterocycles. The zero-order valence-corrected chi connectivity index (χ0v) is 20.2. The minimum atomic E-state index is -1.47. The van der Waals surface area contributed by atoms with Crippen molar-refractivity contribution in [3.8, 4) is 17.2 Å². The quantitative estimate of drug-likeness (QED) is 0.428. The Hall–Kier alpha value is -4.86. The third kappa shape index (κ3) is 4.33. The Morgan fingerprint density at radius 2 is 1.62 bits per heavy atom. The molecule has 0 saturated carbocycles. The van der Waals surface area contributed by atoms with Gasteiger partial charge in [0.25, 0.3) is 17.7 Å². The van der Waals surface area contributed by atoms with Crippen LogP contribution < -0.4 is 25.4 Å². The van der Waals surface area contributed by atoms with E-state index >= 15 is 0 Å². The van der Waals surface area contributed by atoms with Crippen LogP contribution in [0, 0.1) is 0 Å². The number of imide groups is 1. The largest absolute Gasteiger partial charge is 0.497 e. The normalized spacial score (nSPS) is 18.2. The molecule has 3 aromatic rings. The van der Waals surface area contributed by atoms with Crippen LogP contribution in [0.4, 0.5) is 4.79 Å². The van der Waals surface area contributed by atoms with E-state index in [1.54, 1.807) is 67.7 Å². The third-order valence-corrected chi connectivity index (χ3v) is 6.49. The molecule has 1 atom stereocenters. The zero-order valence-electron chi connectivity index (χ0n) is 20.2. The number of amides is 5. The van der Waals surface area contributed by atoms with Gasteiger partial charge in [-0.2, -0.15) is 0 Å². The van der Waals surface area contributed by atoms with Crippen LogP contribution >= 0.6 is 0 Å². The predicted molar refractivity (Wildman–Crippen MR) is 132 cm³/mol. The number of nitrogens with one attached hydrogen (secondary N) is 3. The van der Waals surface area contributed by atoms with E-state index in [2.05, 4.69) is 16.0 Å². The van der Waals surface area contributed by atoms with Crippen LogP contribution in [0.3, 0.4) is 0 Å². The summed E-state index contributed by atoms with van der Waals surface area (Å²) in [5.74, 6) is 0.594. The van der Waals surface area contributed by atoms with Crippen molar-refractivity contribution in [3.05, 3.63) is 89.0 Å². The van der Waals surface area contributed by atoms with E-state index < -0.39 is 17.5 Å². The maximum atomic E-state index is 13.1. The molecule has 10 heteroatoms. The lowest BCUT2D eigenvalue weighted by atomic mass is 9.89. The summed E-state index contributed by atoms with van der Waals surface area (Å²) in [5.41, 5.74) is 0.862. The van der Waals surface area contributed by atoms with Crippen LogP contribution in [0.5, 0.6) is 17.2 Å². The van der Waals surface area contributed by atoms with Crippen LogP contribution in [-0.4, -0.2) is 49.4 Å². The van der Waals surface area contributed by atoms with Crippen LogP contribution in [0.2, 0.25) is 0 Å². The molecule has 0 spiro atoms. The second-order valence-electron chi connectivity index (χ2n) is 8.73. The lowest BCUT2D eigenvalue weighted by Gasteiger charge is -2.31. The number of methoxy groups -OCH3 is 1. The van der Waals surface area contributed by atoms with E-state index in [1.165, 1.54) is 12.0 Å². The van der Waals surface area contributed by atoms with Crippen LogP contribution in [0.25, 0.3) is 0 Å². The van der Waals surface area contributed by atoms with Crippen LogP contribution in [0.1, 0.15) is 31.8 Å². The molecule has 5 amide bonds. The summed E-state index contributed by atoms with van der Waals surface area (Å²) in [7, 11) is 3.09. The monoisotopic (exact) mass is 500 g/mol. The van der Waals surface area contributed by atoms with E-state index in [0.29, 0.717) is 40.5 Å². The van der Waals surface area contributed by atoms with Gasteiger partial charge < -0.3 is 25.0 Å². The maximum Gasteiger partial charge on any atom is 0.322 e. The van der Waals surface area contributed by atoms with Gasteiger partial charge in [-0.25, -0.2) is 4.79 Å². The van der Waals surface area contributed by atoms with E-state index in [-0.39, 0.29) is 18.4 Å². The highest BCUT2D eigenvalue weighted by Gasteiger charge is 2.50. The number of benzene rings is 3. The fraction of sp³-hybridized carbons (Fsp3) is 0.185. The molecule has 5 rings (SSSR count). The molecule has 3 aromatic carbocycles. The second-order valence-corrected chi connectivity index (χ2v) is 8.73. The first-order chi connectivity index (χ1) is 17.8. The van der Waals surface area contributed by atoms with Crippen molar-refractivity contribution in [3.63, 3.8) is 0 Å². The Morgan fingerprint density at radius 1 is 0.973 bits per heavy atom. The first-order valence-corrected chi connectivity index (χ1v) is 11.5. The fourth-order valence-electron chi connectivity index (χ4n) is 4.54. The summed E-state index contributed by atoms with van der Waals surface area (Å²) in [6.07, 6.45) is 0. The van der Waals surface area contributed by atoms with Gasteiger partial charge in [-0.15, -0.1) is 0 Å². The number of nitrogens with zero attached hydrogens (tertiary/aromatic N) is 1. The van der Waals surface area contributed by atoms with Gasteiger partial charge >= 0.3 is 6.03 Å². The number of ether oxygens (including phenoxy) is 2. The third-order valence-electron chi connectivity index (χ3n) is 6.49. The van der Waals surface area contributed by atoms with Gasteiger partial charge in [0.2, 0.25) is 0 Å². The van der Waals surface area contributed by atoms with Crippen molar-refractivity contribution in [1.29, 1.82) is 0 Å². The molecule has 2 aliphatic rings. The Bertz CT molecular complexity index is 1400. The minimum Gasteiger partial charge on any atom is -0.497 e. The molecule has 0 unspecified atom stereocenters. The zero-order chi connectivity index (χ0) is 26.2. The van der Waals surface area contributed by atoms with Crippen LogP contribution in [0.15, 0.2) is 66.7 Å². The standard InChI is InChI=1S/C27H24N4O6/c1-28-23(32)16-3-8-19(9-4-16)37-20-11-6-18(7-12-20)27(25(34)29-26(35)30-27)15-31-14-17-5-10-21(36-2)13-22(17)24(31)33/h3-13H,14-15H2,1-2H3,(H,28,32)(H2,29,30,34,35)/t27-/m0/s1. The van der Waals surface area contributed by atoms with E-state index in [9.17, 15) is 19.2 Å². The van der Waals surface area contributed by atoms with E-state index in [4.69, 9.17) is 9.47 Å². The number of fused-ring (bicyclic) bond motifs is 1.